The van der Waals surface area contributed by atoms with Crippen LogP contribution in [0.5, 0.6) is 5.88 Å². The summed E-state index contributed by atoms with van der Waals surface area (Å²) < 4.78 is 29.8. The summed E-state index contributed by atoms with van der Waals surface area (Å²) in [5.41, 5.74) is 0.566. The van der Waals surface area contributed by atoms with Gasteiger partial charge in [0.15, 0.2) is 12.3 Å². The molecule has 0 N–H and O–H groups in total. The lowest BCUT2D eigenvalue weighted by atomic mass is 10.6. The van der Waals surface area contributed by atoms with Gasteiger partial charge in [0.1, 0.15) is 0 Å². The molecule has 74 valence electrons. The number of aromatic nitrogens is 3. The summed E-state index contributed by atoms with van der Waals surface area (Å²) in [7, 11) is 0. The molecule has 0 fully saturated rings. The Kier molecular flexibility index (Phi) is 2.26. The van der Waals surface area contributed by atoms with E-state index in [1.54, 1.807) is 18.5 Å². The fourth-order valence-electron chi connectivity index (χ4n) is 1.03. The molecule has 0 amide bonds. The minimum Gasteiger partial charge on any atom is -0.470 e. The second kappa shape index (κ2) is 3.57. The molecule has 0 atom stereocenters. The minimum atomic E-state index is -2.49. The molecule has 0 bridgehead atoms. The monoisotopic (exact) mass is 199 g/mol. The van der Waals surface area contributed by atoms with E-state index in [-0.39, 0.29) is 5.88 Å². The molecule has 2 heterocycles. The van der Waals surface area contributed by atoms with Gasteiger partial charge in [0, 0.05) is 18.5 Å². The van der Waals surface area contributed by atoms with Gasteiger partial charge in [0.25, 0.3) is 6.43 Å². The van der Waals surface area contributed by atoms with Crippen molar-refractivity contribution in [1.82, 2.24) is 14.6 Å². The molecule has 0 spiro atoms. The maximum Gasteiger partial charge on any atom is 0.272 e. The number of hydrogen-bond donors (Lipinski definition) is 0. The topological polar surface area (TPSA) is 39.4 Å². The van der Waals surface area contributed by atoms with Crippen LogP contribution >= 0.6 is 0 Å². The van der Waals surface area contributed by atoms with Crippen LogP contribution in [-0.2, 0) is 0 Å². The highest BCUT2D eigenvalue weighted by Crippen LogP contribution is 2.11. The van der Waals surface area contributed by atoms with Crippen LogP contribution in [0.3, 0.4) is 0 Å². The summed E-state index contributed by atoms with van der Waals surface area (Å²) in [5, 5.41) is 3.88. The largest absolute Gasteiger partial charge is 0.470 e. The van der Waals surface area contributed by atoms with Crippen LogP contribution in [0, 0.1) is 0 Å². The van der Waals surface area contributed by atoms with Gasteiger partial charge in [-0.2, -0.15) is 0 Å². The third-order valence-corrected chi connectivity index (χ3v) is 1.57. The van der Waals surface area contributed by atoms with Gasteiger partial charge in [-0.15, -0.1) is 5.10 Å². The number of alkyl halides is 2. The quantitative estimate of drug-likeness (QED) is 0.749. The molecule has 2 aromatic heterocycles. The van der Waals surface area contributed by atoms with Crippen LogP contribution in [0.15, 0.2) is 24.5 Å². The summed E-state index contributed by atoms with van der Waals surface area (Å²) >= 11 is 0. The zero-order valence-corrected chi connectivity index (χ0v) is 7.10. The van der Waals surface area contributed by atoms with E-state index in [2.05, 4.69) is 10.1 Å². The fourth-order valence-corrected chi connectivity index (χ4v) is 1.03. The molecule has 0 saturated carbocycles. The highest BCUT2D eigenvalue weighted by atomic mass is 19.3. The third-order valence-electron chi connectivity index (χ3n) is 1.57. The van der Waals surface area contributed by atoms with Crippen molar-refractivity contribution < 1.29 is 13.5 Å². The van der Waals surface area contributed by atoms with Gasteiger partial charge in [-0.1, -0.05) is 0 Å². The predicted octanol–water partition coefficient (Wildman–Crippen LogP) is 1.37. The summed E-state index contributed by atoms with van der Waals surface area (Å²) in [6.07, 6.45) is 0.763. The lowest BCUT2D eigenvalue weighted by molar-refractivity contribution is 0.0794. The van der Waals surface area contributed by atoms with Gasteiger partial charge >= 0.3 is 0 Å². The Balaban J connectivity index is 2.19. The Hall–Kier alpha value is -1.72. The number of ether oxygens (including phenoxy) is 1. The van der Waals surface area contributed by atoms with Gasteiger partial charge in [0.2, 0.25) is 5.88 Å². The predicted molar refractivity (Wildman–Crippen MR) is 44.5 cm³/mol. The Labute approximate surface area is 78.1 Å². The van der Waals surface area contributed by atoms with Gasteiger partial charge in [-0.3, -0.25) is 0 Å². The van der Waals surface area contributed by atoms with Crippen molar-refractivity contribution >= 4 is 5.65 Å². The lowest BCUT2D eigenvalue weighted by Gasteiger charge is -1.98. The first-order chi connectivity index (χ1) is 6.75. The average molecular weight is 199 g/mol. The molecule has 2 rings (SSSR count). The maximum absolute atomic E-state index is 11.8. The van der Waals surface area contributed by atoms with Gasteiger partial charge in [0.05, 0.1) is 0 Å². The highest BCUT2D eigenvalue weighted by molar-refractivity contribution is 5.40. The van der Waals surface area contributed by atoms with Crippen LogP contribution in [0.4, 0.5) is 8.78 Å². The van der Waals surface area contributed by atoms with Crippen molar-refractivity contribution in [1.29, 1.82) is 0 Å². The molecule has 2 aromatic rings. The van der Waals surface area contributed by atoms with Crippen molar-refractivity contribution in [3.63, 3.8) is 0 Å². The first-order valence-corrected chi connectivity index (χ1v) is 3.97. The second-order valence-electron chi connectivity index (χ2n) is 2.61. The molecule has 0 aliphatic heterocycles. The van der Waals surface area contributed by atoms with E-state index in [9.17, 15) is 8.78 Å². The molecule has 0 aromatic carbocycles. The number of halogens is 2. The van der Waals surface area contributed by atoms with E-state index in [1.165, 1.54) is 10.6 Å². The molecular formula is C8H7F2N3O. The van der Waals surface area contributed by atoms with Crippen molar-refractivity contribution in [2.45, 2.75) is 6.43 Å². The maximum atomic E-state index is 11.8. The van der Waals surface area contributed by atoms with E-state index < -0.39 is 13.0 Å². The molecule has 6 heteroatoms. The molecule has 0 unspecified atom stereocenters. The van der Waals surface area contributed by atoms with Crippen LogP contribution in [0.25, 0.3) is 5.65 Å². The number of hydrogen-bond acceptors (Lipinski definition) is 3. The number of rotatable bonds is 3. The van der Waals surface area contributed by atoms with E-state index in [0.717, 1.165) is 0 Å². The number of nitrogens with zero attached hydrogens (tertiary/aromatic N) is 3. The van der Waals surface area contributed by atoms with Crippen LogP contribution in [0.1, 0.15) is 0 Å². The highest BCUT2D eigenvalue weighted by Gasteiger charge is 2.06. The van der Waals surface area contributed by atoms with E-state index >= 15 is 0 Å². The van der Waals surface area contributed by atoms with E-state index in [1.807, 2.05) is 0 Å². The molecular weight excluding hydrogens is 192 g/mol. The molecule has 0 aliphatic rings. The third kappa shape index (κ3) is 1.78. The average Bonchev–Trinajstić information content (AvgIpc) is 2.57. The summed E-state index contributed by atoms with van der Waals surface area (Å²) in [4.78, 5) is 3.96. The zero-order chi connectivity index (χ0) is 9.97. The van der Waals surface area contributed by atoms with Crippen LogP contribution < -0.4 is 4.74 Å². The summed E-state index contributed by atoms with van der Waals surface area (Å²) in [6.45, 7) is -0.649. The van der Waals surface area contributed by atoms with E-state index in [4.69, 9.17) is 4.74 Å². The normalized spacial score (nSPS) is 11.1. The first-order valence-electron chi connectivity index (χ1n) is 3.97. The van der Waals surface area contributed by atoms with Gasteiger partial charge in [-0.25, -0.2) is 18.3 Å². The Bertz CT molecular complexity index is 396. The van der Waals surface area contributed by atoms with Crippen LogP contribution in [0.2, 0.25) is 0 Å². The van der Waals surface area contributed by atoms with Crippen LogP contribution in [-0.4, -0.2) is 27.6 Å². The smallest absolute Gasteiger partial charge is 0.272 e. The Morgan fingerprint density at radius 1 is 1.50 bits per heavy atom. The zero-order valence-electron chi connectivity index (χ0n) is 7.10. The first kappa shape index (κ1) is 8.86. The standard InChI is InChI=1S/C8H7F2N3O/c9-6(10)5-14-8-4-7-11-2-1-3-13(7)12-8/h1-4,6H,5H2. The molecule has 14 heavy (non-hydrogen) atoms. The Morgan fingerprint density at radius 2 is 2.36 bits per heavy atom. The van der Waals surface area contributed by atoms with Gasteiger partial charge < -0.3 is 4.74 Å². The van der Waals surface area contributed by atoms with Crippen molar-refractivity contribution in [2.24, 2.45) is 0 Å². The molecule has 0 aliphatic carbocycles. The molecule has 0 radical (unpaired) electrons. The van der Waals surface area contributed by atoms with Crippen molar-refractivity contribution in [3.8, 4) is 5.88 Å². The van der Waals surface area contributed by atoms with Crippen molar-refractivity contribution in [2.75, 3.05) is 6.61 Å². The SMILES string of the molecule is FC(F)COc1cc2ncccn2n1. The number of fused-ring (bicyclic) bond motifs is 1. The summed E-state index contributed by atoms with van der Waals surface area (Å²) in [5.74, 6) is 0.156. The molecule has 4 nitrogen and oxygen atoms in total. The summed E-state index contributed by atoms with van der Waals surface area (Å²) in [6, 6.07) is 3.19. The lowest BCUT2D eigenvalue weighted by Crippen LogP contribution is -2.07. The second-order valence-corrected chi connectivity index (χ2v) is 2.61. The fraction of sp³-hybridized carbons (Fsp3) is 0.250. The van der Waals surface area contributed by atoms with Gasteiger partial charge in [-0.05, 0) is 6.07 Å². The Morgan fingerprint density at radius 3 is 3.07 bits per heavy atom. The van der Waals surface area contributed by atoms with E-state index in [0.29, 0.717) is 5.65 Å². The minimum absolute atomic E-state index is 0.156. The van der Waals surface area contributed by atoms with Crippen molar-refractivity contribution in [3.05, 3.63) is 24.5 Å². The molecule has 0 saturated heterocycles.